The molecule has 1 amide bonds. The average Bonchev–Trinajstić information content (AvgIpc) is 2.84. The number of nitrogens with one attached hydrogen (secondary N) is 1. The maximum atomic E-state index is 11.9. The SMILES string of the molecule is C=CCOc1ccc(C(=C)NOc2ncnc(OC3CCN(C(=O)OCC)CC3)c2C)cc1. The predicted octanol–water partition coefficient (Wildman–Crippen LogP) is 3.90. The van der Waals surface area contributed by atoms with E-state index in [1.807, 2.05) is 31.2 Å². The lowest BCUT2D eigenvalue weighted by Gasteiger charge is -2.31. The number of likely N-dealkylation sites (tertiary alicyclic amines) is 1. The van der Waals surface area contributed by atoms with Gasteiger partial charge in [-0.2, -0.15) is 4.98 Å². The fourth-order valence-corrected chi connectivity index (χ4v) is 3.25. The van der Waals surface area contributed by atoms with E-state index in [2.05, 4.69) is 28.6 Å². The van der Waals surface area contributed by atoms with Gasteiger partial charge in [-0.15, -0.1) is 0 Å². The van der Waals surface area contributed by atoms with Crippen LogP contribution in [0.1, 0.15) is 30.9 Å². The van der Waals surface area contributed by atoms with Crippen LogP contribution >= 0.6 is 0 Å². The molecular weight excluding hydrogens is 424 g/mol. The Hall–Kier alpha value is -3.75. The minimum atomic E-state index is -0.282. The summed E-state index contributed by atoms with van der Waals surface area (Å²) in [5.41, 5.74) is 4.90. The monoisotopic (exact) mass is 454 g/mol. The summed E-state index contributed by atoms with van der Waals surface area (Å²) in [6.07, 6.45) is 4.13. The van der Waals surface area contributed by atoms with Gasteiger partial charge in [-0.3, -0.25) is 0 Å². The quantitative estimate of drug-likeness (QED) is 0.427. The van der Waals surface area contributed by atoms with Crippen molar-refractivity contribution in [3.05, 3.63) is 61.0 Å². The number of hydroxylamine groups is 1. The molecule has 9 heteroatoms. The third-order valence-corrected chi connectivity index (χ3v) is 5.08. The zero-order valence-electron chi connectivity index (χ0n) is 19.1. The molecular formula is C24H30N4O5. The van der Waals surface area contributed by atoms with Gasteiger partial charge in [-0.05, 0) is 38.1 Å². The number of hydrogen-bond acceptors (Lipinski definition) is 8. The van der Waals surface area contributed by atoms with Gasteiger partial charge in [-0.1, -0.05) is 19.2 Å². The van der Waals surface area contributed by atoms with Crippen LogP contribution in [0.5, 0.6) is 17.5 Å². The van der Waals surface area contributed by atoms with Gasteiger partial charge in [-0.25, -0.2) is 15.3 Å². The average molecular weight is 455 g/mol. The van der Waals surface area contributed by atoms with Crippen molar-refractivity contribution in [1.82, 2.24) is 20.3 Å². The summed E-state index contributed by atoms with van der Waals surface area (Å²) < 4.78 is 16.6. The van der Waals surface area contributed by atoms with E-state index in [1.54, 1.807) is 17.9 Å². The Morgan fingerprint density at radius 3 is 2.58 bits per heavy atom. The van der Waals surface area contributed by atoms with E-state index in [1.165, 1.54) is 6.33 Å². The van der Waals surface area contributed by atoms with Gasteiger partial charge in [0.05, 0.1) is 17.9 Å². The minimum absolute atomic E-state index is 0.0538. The first-order valence-electron chi connectivity index (χ1n) is 10.9. The molecule has 0 radical (unpaired) electrons. The Balaban J connectivity index is 1.53. The molecule has 0 saturated carbocycles. The highest BCUT2D eigenvalue weighted by atomic mass is 16.7. The van der Waals surface area contributed by atoms with E-state index in [9.17, 15) is 4.79 Å². The normalized spacial score (nSPS) is 13.7. The molecule has 1 aliphatic heterocycles. The second kappa shape index (κ2) is 11.8. The van der Waals surface area contributed by atoms with Crippen molar-refractivity contribution in [1.29, 1.82) is 0 Å². The van der Waals surface area contributed by atoms with Gasteiger partial charge in [0.2, 0.25) is 5.88 Å². The predicted molar refractivity (Wildman–Crippen MR) is 124 cm³/mol. The molecule has 9 nitrogen and oxygen atoms in total. The summed E-state index contributed by atoms with van der Waals surface area (Å²) in [6, 6.07) is 7.45. The Kier molecular flexibility index (Phi) is 8.51. The Labute approximate surface area is 194 Å². The molecule has 0 bridgehead atoms. The highest BCUT2D eigenvalue weighted by Gasteiger charge is 2.26. The van der Waals surface area contributed by atoms with Gasteiger partial charge < -0.3 is 23.9 Å². The van der Waals surface area contributed by atoms with E-state index >= 15 is 0 Å². The first-order chi connectivity index (χ1) is 16.0. The van der Waals surface area contributed by atoms with E-state index in [0.29, 0.717) is 62.2 Å². The van der Waals surface area contributed by atoms with Crippen molar-refractivity contribution in [3.8, 4) is 17.5 Å². The van der Waals surface area contributed by atoms with Gasteiger partial charge in [0.1, 0.15) is 24.8 Å². The number of benzene rings is 1. The van der Waals surface area contributed by atoms with E-state index in [0.717, 1.165) is 11.3 Å². The summed E-state index contributed by atoms with van der Waals surface area (Å²) in [5.74, 6) is 1.54. The molecule has 2 heterocycles. The second-order valence-electron chi connectivity index (χ2n) is 7.42. The summed E-state index contributed by atoms with van der Waals surface area (Å²) in [5, 5.41) is 0. The smallest absolute Gasteiger partial charge is 0.409 e. The fraction of sp³-hybridized carbons (Fsp3) is 0.375. The lowest BCUT2D eigenvalue weighted by Crippen LogP contribution is -2.42. The van der Waals surface area contributed by atoms with Crippen LogP contribution in [0.15, 0.2) is 49.8 Å². The molecule has 0 unspecified atom stereocenters. The molecule has 1 saturated heterocycles. The summed E-state index contributed by atoms with van der Waals surface area (Å²) in [4.78, 5) is 27.6. The van der Waals surface area contributed by atoms with Crippen LogP contribution in [-0.4, -0.2) is 53.4 Å². The molecule has 33 heavy (non-hydrogen) atoms. The topological polar surface area (TPSA) is 95.0 Å². The van der Waals surface area contributed by atoms with Gasteiger partial charge in [0, 0.05) is 31.5 Å². The Morgan fingerprint density at radius 2 is 1.91 bits per heavy atom. The van der Waals surface area contributed by atoms with Crippen LogP contribution in [0.3, 0.4) is 0 Å². The number of carbonyl (C=O) groups is 1. The summed E-state index contributed by atoms with van der Waals surface area (Å²) in [6.45, 7) is 13.2. The molecule has 0 spiro atoms. The van der Waals surface area contributed by atoms with Crippen LogP contribution in [0.2, 0.25) is 0 Å². The fourth-order valence-electron chi connectivity index (χ4n) is 3.25. The highest BCUT2D eigenvalue weighted by Crippen LogP contribution is 2.26. The maximum Gasteiger partial charge on any atom is 0.409 e. The van der Waals surface area contributed by atoms with Crippen molar-refractivity contribution >= 4 is 11.8 Å². The van der Waals surface area contributed by atoms with Crippen molar-refractivity contribution < 1.29 is 23.8 Å². The van der Waals surface area contributed by atoms with Crippen LogP contribution in [0.25, 0.3) is 5.70 Å². The van der Waals surface area contributed by atoms with Crippen LogP contribution in [-0.2, 0) is 4.74 Å². The Morgan fingerprint density at radius 1 is 1.21 bits per heavy atom. The molecule has 2 aromatic rings. The van der Waals surface area contributed by atoms with Crippen molar-refractivity contribution in [2.75, 3.05) is 26.3 Å². The largest absolute Gasteiger partial charge is 0.490 e. The molecule has 1 fully saturated rings. The number of nitrogens with zero attached hydrogens (tertiary/aromatic N) is 3. The van der Waals surface area contributed by atoms with Crippen LogP contribution < -0.4 is 19.8 Å². The van der Waals surface area contributed by atoms with Gasteiger partial charge in [0.15, 0.2) is 0 Å². The van der Waals surface area contributed by atoms with Crippen LogP contribution in [0, 0.1) is 6.92 Å². The zero-order chi connectivity index (χ0) is 23.6. The van der Waals surface area contributed by atoms with Crippen molar-refractivity contribution in [2.45, 2.75) is 32.8 Å². The number of hydrogen-bond donors (Lipinski definition) is 1. The minimum Gasteiger partial charge on any atom is -0.490 e. The third kappa shape index (κ3) is 6.61. The number of piperidine rings is 1. The Bertz CT molecular complexity index is 956. The third-order valence-electron chi connectivity index (χ3n) is 5.08. The first-order valence-corrected chi connectivity index (χ1v) is 10.9. The first kappa shape index (κ1) is 23.9. The number of rotatable bonds is 10. The lowest BCUT2D eigenvalue weighted by atomic mass is 10.1. The molecule has 0 atom stereocenters. The number of aromatic nitrogens is 2. The maximum absolute atomic E-state index is 11.9. The van der Waals surface area contributed by atoms with E-state index in [4.69, 9.17) is 19.0 Å². The zero-order valence-corrected chi connectivity index (χ0v) is 19.1. The molecule has 1 aromatic heterocycles. The number of ether oxygens (including phenoxy) is 3. The lowest BCUT2D eigenvalue weighted by molar-refractivity contribution is 0.0682. The standard InChI is InChI=1S/C24H30N4O5/c1-5-15-31-20-9-7-19(8-10-20)18(4)27-33-23-17(3)22(25-16-26-23)32-21-11-13-28(14-12-21)24(29)30-6-2/h5,7-10,16,21,27H,1,4,6,11-15H2,2-3H3. The summed E-state index contributed by atoms with van der Waals surface area (Å²) in [7, 11) is 0. The number of amides is 1. The highest BCUT2D eigenvalue weighted by molar-refractivity contribution is 5.67. The van der Waals surface area contributed by atoms with Crippen LogP contribution in [0.4, 0.5) is 4.79 Å². The molecule has 1 N–H and O–H groups in total. The van der Waals surface area contributed by atoms with Crippen molar-refractivity contribution in [2.24, 2.45) is 0 Å². The molecule has 176 valence electrons. The molecule has 1 aliphatic rings. The summed E-state index contributed by atoms with van der Waals surface area (Å²) >= 11 is 0. The molecule has 1 aromatic carbocycles. The number of carbonyl (C=O) groups excluding carboxylic acids is 1. The van der Waals surface area contributed by atoms with Gasteiger partial charge in [0.25, 0.3) is 5.88 Å². The second-order valence-corrected chi connectivity index (χ2v) is 7.42. The van der Waals surface area contributed by atoms with Crippen molar-refractivity contribution in [3.63, 3.8) is 0 Å². The molecule has 0 aliphatic carbocycles. The molecule has 3 rings (SSSR count). The van der Waals surface area contributed by atoms with E-state index < -0.39 is 0 Å². The van der Waals surface area contributed by atoms with Gasteiger partial charge >= 0.3 is 6.09 Å². The van der Waals surface area contributed by atoms with E-state index in [-0.39, 0.29) is 12.2 Å².